The minimum atomic E-state index is -0.252. The molecule has 1 spiro atoms. The van der Waals surface area contributed by atoms with Gasteiger partial charge in [-0.1, -0.05) is 0 Å². The Kier molecular flexibility index (Phi) is 5.21. The van der Waals surface area contributed by atoms with Crippen molar-refractivity contribution in [2.45, 2.75) is 69.9 Å². The topological polar surface area (TPSA) is 64.1 Å². The number of rotatable bonds is 3. The highest BCUT2D eigenvalue weighted by molar-refractivity contribution is 5.95. The van der Waals surface area contributed by atoms with Crippen LogP contribution in [0.1, 0.15) is 57.8 Å². The number of nitrogens with zero attached hydrogens (tertiary/aromatic N) is 3. The van der Waals surface area contributed by atoms with Gasteiger partial charge >= 0.3 is 0 Å². The van der Waals surface area contributed by atoms with Crippen LogP contribution in [0.4, 0.5) is 11.4 Å². The zero-order chi connectivity index (χ0) is 20.7. The number of hydrogen-bond donors (Lipinski definition) is 1. The standard InChI is InChI=1S/C24H33N3O3/c28-21-10-8-20(9-11-21)27-16-13-24(23(27)30)12-2-14-25(17-24)18-4-6-19(7-5-18)26-15-1-3-22(26)29/h4-7,20-21,28H,1-3,8-17H2/t20-,21-,24-/m0/s1. The number of hydrogen-bond acceptors (Lipinski definition) is 4. The highest BCUT2D eigenvalue weighted by atomic mass is 16.3. The Morgan fingerprint density at radius 1 is 0.867 bits per heavy atom. The van der Waals surface area contributed by atoms with Crippen LogP contribution in [0.5, 0.6) is 0 Å². The van der Waals surface area contributed by atoms with E-state index in [-0.39, 0.29) is 17.4 Å². The first kappa shape index (κ1) is 19.9. The van der Waals surface area contributed by atoms with Crippen LogP contribution < -0.4 is 9.80 Å². The van der Waals surface area contributed by atoms with Crippen LogP contribution in [0, 0.1) is 5.41 Å². The van der Waals surface area contributed by atoms with Crippen molar-refractivity contribution in [2.75, 3.05) is 36.0 Å². The van der Waals surface area contributed by atoms with E-state index in [1.54, 1.807) is 0 Å². The summed E-state index contributed by atoms with van der Waals surface area (Å²) in [5.41, 5.74) is 1.88. The van der Waals surface area contributed by atoms with Gasteiger partial charge in [0, 0.05) is 50.0 Å². The number of aliphatic hydroxyl groups is 1. The summed E-state index contributed by atoms with van der Waals surface area (Å²) >= 11 is 0. The second kappa shape index (κ2) is 7.88. The molecule has 1 N–H and O–H groups in total. The number of piperidine rings is 1. The van der Waals surface area contributed by atoms with E-state index in [0.29, 0.717) is 18.4 Å². The number of carbonyl (C=O) groups is 2. The molecule has 0 aromatic heterocycles. The maximum atomic E-state index is 13.5. The lowest BCUT2D eigenvalue weighted by molar-refractivity contribution is -0.139. The Labute approximate surface area is 178 Å². The Balaban J connectivity index is 1.28. The molecular formula is C24H33N3O3. The molecule has 1 aromatic rings. The van der Waals surface area contributed by atoms with Gasteiger partial charge in [-0.15, -0.1) is 0 Å². The predicted molar refractivity (Wildman–Crippen MR) is 117 cm³/mol. The molecular weight excluding hydrogens is 378 g/mol. The number of likely N-dealkylation sites (tertiary alicyclic amines) is 1. The van der Waals surface area contributed by atoms with E-state index < -0.39 is 0 Å². The quantitative estimate of drug-likeness (QED) is 0.831. The van der Waals surface area contributed by atoms with Crippen molar-refractivity contribution >= 4 is 23.2 Å². The van der Waals surface area contributed by atoms with Gasteiger partial charge in [-0.25, -0.2) is 0 Å². The molecule has 6 heteroatoms. The third-order valence-corrected chi connectivity index (χ3v) is 7.83. The lowest BCUT2D eigenvalue weighted by Gasteiger charge is -2.41. The normalized spacial score (nSPS) is 32.5. The Morgan fingerprint density at radius 2 is 1.60 bits per heavy atom. The van der Waals surface area contributed by atoms with Crippen LogP contribution in [-0.2, 0) is 9.59 Å². The van der Waals surface area contributed by atoms with Gasteiger partial charge in [0.2, 0.25) is 11.8 Å². The van der Waals surface area contributed by atoms with E-state index in [9.17, 15) is 14.7 Å². The van der Waals surface area contributed by atoms with Crippen molar-refractivity contribution < 1.29 is 14.7 Å². The molecule has 1 atom stereocenters. The molecule has 3 heterocycles. The summed E-state index contributed by atoms with van der Waals surface area (Å²) < 4.78 is 0. The molecule has 1 aromatic carbocycles. The first-order chi connectivity index (χ1) is 14.6. The Bertz CT molecular complexity index is 802. The average molecular weight is 412 g/mol. The Hall–Kier alpha value is -2.08. The molecule has 6 nitrogen and oxygen atoms in total. The maximum absolute atomic E-state index is 13.5. The molecule has 0 radical (unpaired) electrons. The third kappa shape index (κ3) is 3.49. The number of benzene rings is 1. The van der Waals surface area contributed by atoms with E-state index >= 15 is 0 Å². The molecule has 4 fully saturated rings. The van der Waals surface area contributed by atoms with Crippen molar-refractivity contribution in [2.24, 2.45) is 5.41 Å². The molecule has 0 bridgehead atoms. The van der Waals surface area contributed by atoms with Gasteiger partial charge < -0.3 is 19.8 Å². The van der Waals surface area contributed by atoms with Gasteiger partial charge in [0.25, 0.3) is 0 Å². The second-order valence-corrected chi connectivity index (χ2v) is 9.68. The zero-order valence-corrected chi connectivity index (χ0v) is 17.8. The summed E-state index contributed by atoms with van der Waals surface area (Å²) in [6.07, 6.45) is 7.87. The van der Waals surface area contributed by atoms with Crippen molar-refractivity contribution in [3.63, 3.8) is 0 Å². The first-order valence-corrected chi connectivity index (χ1v) is 11.7. The van der Waals surface area contributed by atoms with Crippen molar-refractivity contribution in [1.82, 2.24) is 4.90 Å². The van der Waals surface area contributed by atoms with Gasteiger partial charge in [-0.2, -0.15) is 0 Å². The summed E-state index contributed by atoms with van der Waals surface area (Å²) in [6.45, 7) is 3.45. The van der Waals surface area contributed by atoms with E-state index in [1.165, 1.54) is 0 Å². The zero-order valence-electron chi connectivity index (χ0n) is 17.8. The fourth-order valence-electron chi connectivity index (χ4n) is 6.06. The molecule has 1 aliphatic carbocycles. The molecule has 5 rings (SSSR count). The van der Waals surface area contributed by atoms with E-state index in [2.05, 4.69) is 34.1 Å². The van der Waals surface area contributed by atoms with Crippen LogP contribution in [0.15, 0.2) is 24.3 Å². The van der Waals surface area contributed by atoms with Crippen LogP contribution >= 0.6 is 0 Å². The van der Waals surface area contributed by atoms with Crippen LogP contribution in [0.3, 0.4) is 0 Å². The molecule has 0 unspecified atom stereocenters. The SMILES string of the molecule is O=C1CCCN1c1ccc(N2CCC[C@]3(CCN([C@H]4CC[C@H](O)CC4)C3=O)C2)cc1. The molecule has 4 aliphatic rings. The maximum Gasteiger partial charge on any atom is 0.230 e. The fraction of sp³-hybridized carbons (Fsp3) is 0.667. The number of aliphatic hydroxyl groups excluding tert-OH is 1. The van der Waals surface area contributed by atoms with Gasteiger partial charge in [-0.3, -0.25) is 9.59 Å². The summed E-state index contributed by atoms with van der Waals surface area (Å²) in [5, 5.41) is 9.81. The van der Waals surface area contributed by atoms with Crippen molar-refractivity contribution in [3.8, 4) is 0 Å². The predicted octanol–water partition coefficient (Wildman–Crippen LogP) is 2.94. The minimum Gasteiger partial charge on any atom is -0.393 e. The summed E-state index contributed by atoms with van der Waals surface area (Å²) in [7, 11) is 0. The largest absolute Gasteiger partial charge is 0.393 e. The monoisotopic (exact) mass is 411 g/mol. The lowest BCUT2D eigenvalue weighted by atomic mass is 9.78. The van der Waals surface area contributed by atoms with Gasteiger partial charge in [0.1, 0.15) is 0 Å². The first-order valence-electron chi connectivity index (χ1n) is 11.7. The average Bonchev–Trinajstić information content (AvgIpc) is 3.33. The van der Waals surface area contributed by atoms with Crippen LogP contribution in [0.25, 0.3) is 0 Å². The molecule has 3 aliphatic heterocycles. The number of amides is 2. The molecule has 2 amide bonds. The number of carbonyl (C=O) groups excluding carboxylic acids is 2. The fourth-order valence-corrected chi connectivity index (χ4v) is 6.06. The number of anilines is 2. The highest BCUT2D eigenvalue weighted by Crippen LogP contribution is 2.43. The van der Waals surface area contributed by atoms with E-state index in [0.717, 1.165) is 88.9 Å². The van der Waals surface area contributed by atoms with E-state index in [4.69, 9.17) is 0 Å². The summed E-state index contributed by atoms with van der Waals surface area (Å²) in [4.78, 5) is 31.9. The van der Waals surface area contributed by atoms with Gasteiger partial charge in [-0.05, 0) is 75.6 Å². The smallest absolute Gasteiger partial charge is 0.230 e. The summed E-state index contributed by atoms with van der Waals surface area (Å²) in [5.74, 6) is 0.555. The minimum absolute atomic E-state index is 0.183. The molecule has 162 valence electrons. The Morgan fingerprint density at radius 3 is 2.30 bits per heavy atom. The molecule has 1 saturated carbocycles. The molecule has 30 heavy (non-hydrogen) atoms. The lowest BCUT2D eigenvalue weighted by Crippen LogP contribution is -2.50. The van der Waals surface area contributed by atoms with Gasteiger partial charge in [0.15, 0.2) is 0 Å². The van der Waals surface area contributed by atoms with E-state index in [1.807, 2.05) is 4.90 Å². The highest BCUT2D eigenvalue weighted by Gasteiger charge is 2.50. The van der Waals surface area contributed by atoms with Crippen LogP contribution in [0.2, 0.25) is 0 Å². The van der Waals surface area contributed by atoms with Crippen LogP contribution in [-0.4, -0.2) is 60.1 Å². The van der Waals surface area contributed by atoms with Crippen molar-refractivity contribution in [3.05, 3.63) is 24.3 Å². The third-order valence-electron chi connectivity index (χ3n) is 7.83. The van der Waals surface area contributed by atoms with Gasteiger partial charge in [0.05, 0.1) is 11.5 Å². The van der Waals surface area contributed by atoms with Crippen molar-refractivity contribution in [1.29, 1.82) is 0 Å². The second-order valence-electron chi connectivity index (χ2n) is 9.68. The molecule has 3 saturated heterocycles. The summed E-state index contributed by atoms with van der Waals surface area (Å²) in [6, 6.07) is 8.64.